The van der Waals surface area contributed by atoms with Crippen LogP contribution in [0.25, 0.3) is 28.1 Å². The summed E-state index contributed by atoms with van der Waals surface area (Å²) in [5.74, 6) is 0.710. The highest BCUT2D eigenvalue weighted by Crippen LogP contribution is 2.32. The molecular formula is C21H19N7. The Hall–Kier alpha value is -3.74. The largest absolute Gasteiger partial charge is 0.360 e. The summed E-state index contributed by atoms with van der Waals surface area (Å²) in [5.41, 5.74) is 6.73. The third-order valence-corrected chi connectivity index (χ3v) is 4.83. The molecule has 0 aliphatic heterocycles. The van der Waals surface area contributed by atoms with Crippen molar-refractivity contribution >= 4 is 22.6 Å². The molecule has 1 atom stereocenters. The molecule has 28 heavy (non-hydrogen) atoms. The van der Waals surface area contributed by atoms with Gasteiger partial charge >= 0.3 is 0 Å². The maximum Gasteiger partial charge on any atom is 0.182 e. The molecule has 0 bridgehead atoms. The molecule has 0 aliphatic rings. The highest BCUT2D eigenvalue weighted by atomic mass is 15.1. The number of aromatic amines is 1. The van der Waals surface area contributed by atoms with Crippen LogP contribution in [0.4, 0.5) is 5.82 Å². The Bertz CT molecular complexity index is 1280. The average molecular weight is 369 g/mol. The number of pyridine rings is 1. The van der Waals surface area contributed by atoms with Crippen LogP contribution in [0.5, 0.6) is 0 Å². The van der Waals surface area contributed by atoms with E-state index in [0.29, 0.717) is 11.5 Å². The van der Waals surface area contributed by atoms with Gasteiger partial charge in [-0.25, -0.2) is 19.9 Å². The number of aryl methyl sites for hydroxylation is 1. The first-order valence-electron chi connectivity index (χ1n) is 9.15. The first kappa shape index (κ1) is 16.4. The first-order chi connectivity index (χ1) is 13.7. The second-order valence-electron chi connectivity index (χ2n) is 6.83. The molecule has 2 N–H and O–H groups in total. The van der Waals surface area contributed by atoms with Gasteiger partial charge in [-0.3, -0.25) is 4.40 Å². The van der Waals surface area contributed by atoms with E-state index in [1.54, 1.807) is 6.33 Å². The van der Waals surface area contributed by atoms with Crippen molar-refractivity contribution in [3.63, 3.8) is 0 Å². The minimum atomic E-state index is -0.0724. The summed E-state index contributed by atoms with van der Waals surface area (Å²) in [6.45, 7) is 4.19. The molecule has 0 saturated carbocycles. The van der Waals surface area contributed by atoms with Crippen molar-refractivity contribution in [3.05, 3.63) is 72.6 Å². The Labute approximate surface area is 161 Å². The second-order valence-corrected chi connectivity index (χ2v) is 6.83. The number of anilines is 1. The molecule has 0 fully saturated rings. The number of nitrogens with one attached hydrogen (secondary N) is 2. The third kappa shape index (κ3) is 2.68. The van der Waals surface area contributed by atoms with Gasteiger partial charge in [0.25, 0.3) is 0 Å². The molecule has 7 nitrogen and oxygen atoms in total. The molecule has 0 amide bonds. The van der Waals surface area contributed by atoms with Crippen LogP contribution < -0.4 is 5.32 Å². The minimum Gasteiger partial charge on any atom is -0.360 e. The van der Waals surface area contributed by atoms with E-state index in [1.165, 1.54) is 11.9 Å². The van der Waals surface area contributed by atoms with Gasteiger partial charge in [-0.05, 0) is 32.0 Å². The van der Waals surface area contributed by atoms with E-state index in [0.717, 1.165) is 28.1 Å². The number of H-pyrrole nitrogens is 1. The zero-order valence-corrected chi connectivity index (χ0v) is 15.6. The predicted octanol–water partition coefficient (Wildman–Crippen LogP) is 4.15. The Morgan fingerprint density at radius 3 is 2.89 bits per heavy atom. The van der Waals surface area contributed by atoms with Gasteiger partial charge in [0, 0.05) is 11.8 Å². The normalized spacial score (nSPS) is 12.5. The molecule has 7 heteroatoms. The van der Waals surface area contributed by atoms with Crippen LogP contribution in [0, 0.1) is 6.92 Å². The lowest BCUT2D eigenvalue weighted by atomic mass is 10.0. The molecule has 1 unspecified atom stereocenters. The lowest BCUT2D eigenvalue weighted by Gasteiger charge is -2.15. The van der Waals surface area contributed by atoms with Crippen LogP contribution in [0.15, 0.2) is 61.3 Å². The number of imidazole rings is 2. The molecule has 4 aromatic heterocycles. The zero-order valence-electron chi connectivity index (χ0n) is 15.6. The van der Waals surface area contributed by atoms with Crippen LogP contribution in [0.2, 0.25) is 0 Å². The number of rotatable bonds is 4. The van der Waals surface area contributed by atoms with Crippen molar-refractivity contribution in [2.75, 3.05) is 5.32 Å². The Kier molecular flexibility index (Phi) is 3.79. The van der Waals surface area contributed by atoms with Gasteiger partial charge in [-0.15, -0.1) is 0 Å². The van der Waals surface area contributed by atoms with Crippen LogP contribution in [0.3, 0.4) is 0 Å². The number of benzene rings is 1. The van der Waals surface area contributed by atoms with Crippen molar-refractivity contribution in [1.29, 1.82) is 0 Å². The zero-order chi connectivity index (χ0) is 19.1. The Morgan fingerprint density at radius 2 is 2.00 bits per heavy atom. The molecular weight excluding hydrogens is 350 g/mol. The fourth-order valence-electron chi connectivity index (χ4n) is 3.54. The van der Waals surface area contributed by atoms with Gasteiger partial charge in [0.2, 0.25) is 0 Å². The van der Waals surface area contributed by atoms with E-state index in [4.69, 9.17) is 4.98 Å². The predicted molar refractivity (Wildman–Crippen MR) is 109 cm³/mol. The number of aromatic nitrogens is 6. The summed E-state index contributed by atoms with van der Waals surface area (Å²) in [6.07, 6.45) is 5.19. The van der Waals surface area contributed by atoms with Crippen molar-refractivity contribution in [2.45, 2.75) is 19.9 Å². The van der Waals surface area contributed by atoms with Gasteiger partial charge in [0.15, 0.2) is 11.5 Å². The summed E-state index contributed by atoms with van der Waals surface area (Å²) < 4.78 is 2.13. The lowest BCUT2D eigenvalue weighted by molar-refractivity contribution is 0.846. The highest BCUT2D eigenvalue weighted by molar-refractivity contribution is 5.82. The van der Waals surface area contributed by atoms with E-state index in [-0.39, 0.29) is 6.04 Å². The van der Waals surface area contributed by atoms with Crippen molar-refractivity contribution in [2.24, 2.45) is 0 Å². The van der Waals surface area contributed by atoms with Gasteiger partial charge in [0.05, 0.1) is 23.8 Å². The van der Waals surface area contributed by atoms with E-state index >= 15 is 0 Å². The van der Waals surface area contributed by atoms with Crippen molar-refractivity contribution in [3.8, 4) is 11.3 Å². The molecule has 0 aliphatic carbocycles. The molecule has 0 spiro atoms. The lowest BCUT2D eigenvalue weighted by Crippen LogP contribution is -2.10. The van der Waals surface area contributed by atoms with E-state index in [2.05, 4.69) is 67.8 Å². The molecule has 5 aromatic rings. The molecule has 0 saturated heterocycles. The molecule has 0 radical (unpaired) electrons. The van der Waals surface area contributed by atoms with Crippen molar-refractivity contribution < 1.29 is 0 Å². The van der Waals surface area contributed by atoms with Crippen LogP contribution in [-0.2, 0) is 0 Å². The van der Waals surface area contributed by atoms with Crippen LogP contribution >= 0.6 is 0 Å². The smallest absolute Gasteiger partial charge is 0.182 e. The fourth-order valence-corrected chi connectivity index (χ4v) is 3.54. The summed E-state index contributed by atoms with van der Waals surface area (Å²) >= 11 is 0. The average Bonchev–Trinajstić information content (AvgIpc) is 3.33. The van der Waals surface area contributed by atoms with Crippen LogP contribution in [-0.4, -0.2) is 29.3 Å². The van der Waals surface area contributed by atoms with Crippen LogP contribution in [0.1, 0.15) is 24.2 Å². The summed E-state index contributed by atoms with van der Waals surface area (Å²) in [7, 11) is 0. The van der Waals surface area contributed by atoms with Gasteiger partial charge in [-0.2, -0.15) is 0 Å². The summed E-state index contributed by atoms with van der Waals surface area (Å²) in [5, 5.41) is 3.47. The maximum atomic E-state index is 4.91. The number of nitrogens with zero attached hydrogens (tertiary/aromatic N) is 5. The number of hydrogen-bond acceptors (Lipinski definition) is 5. The molecule has 138 valence electrons. The number of fused-ring (bicyclic) bond motifs is 2. The van der Waals surface area contributed by atoms with Gasteiger partial charge in [-0.1, -0.05) is 29.8 Å². The number of hydrogen-bond donors (Lipinski definition) is 2. The Balaban J connectivity index is 1.64. The van der Waals surface area contributed by atoms with E-state index in [1.807, 2.05) is 24.4 Å². The quantitative estimate of drug-likeness (QED) is 0.497. The summed E-state index contributed by atoms with van der Waals surface area (Å²) in [6, 6.07) is 14.5. The molecule has 1 aromatic carbocycles. The van der Waals surface area contributed by atoms with Crippen molar-refractivity contribution in [1.82, 2.24) is 29.3 Å². The monoisotopic (exact) mass is 369 g/mol. The standard InChI is InChI=1S/C21H19N7/c1-13-6-5-7-15(10-13)19-17(27-16-8-3-4-9-28(16)19)14(2)26-21-18-20(23-11-22-18)24-12-25-21/h3-12,14H,1-2H3,(H2,22,23,24,25,26). The van der Waals surface area contributed by atoms with Gasteiger partial charge < -0.3 is 10.3 Å². The highest BCUT2D eigenvalue weighted by Gasteiger charge is 2.20. The third-order valence-electron chi connectivity index (χ3n) is 4.83. The minimum absolute atomic E-state index is 0.0724. The van der Waals surface area contributed by atoms with E-state index in [9.17, 15) is 0 Å². The topological polar surface area (TPSA) is 83.8 Å². The maximum absolute atomic E-state index is 4.91. The Morgan fingerprint density at radius 1 is 1.07 bits per heavy atom. The van der Waals surface area contributed by atoms with E-state index < -0.39 is 0 Å². The first-order valence-corrected chi connectivity index (χ1v) is 9.15. The fraction of sp³-hybridized carbons (Fsp3) is 0.143. The SMILES string of the molecule is Cc1cccc(-c2c(C(C)Nc3ncnc4nc[nH]c34)nc3ccccn23)c1. The molecule has 4 heterocycles. The molecule has 5 rings (SSSR count). The van der Waals surface area contributed by atoms with Gasteiger partial charge in [0.1, 0.15) is 17.5 Å². The second kappa shape index (κ2) is 6.45. The summed E-state index contributed by atoms with van der Waals surface area (Å²) in [4.78, 5) is 20.8.